The molecule has 2 aromatic rings. The summed E-state index contributed by atoms with van der Waals surface area (Å²) in [4.78, 5) is 0.120. The lowest BCUT2D eigenvalue weighted by atomic mass is 9.86. The highest BCUT2D eigenvalue weighted by molar-refractivity contribution is 8.13. The Morgan fingerprint density at radius 3 is 1.55 bits per heavy atom. The molecule has 2 rings (SSSR count). The fraction of sp³-hybridized carbons (Fsp3) is 0.250. The number of rotatable bonds is 2. The van der Waals surface area contributed by atoms with E-state index in [4.69, 9.17) is 10.7 Å². The van der Waals surface area contributed by atoms with E-state index in [1.807, 2.05) is 12.1 Å². The van der Waals surface area contributed by atoms with Crippen molar-refractivity contribution in [1.82, 2.24) is 0 Å². The largest absolute Gasteiger partial charge is 0.261 e. The second-order valence-electron chi connectivity index (χ2n) is 5.79. The first-order valence-corrected chi connectivity index (χ1v) is 8.64. The van der Waals surface area contributed by atoms with Gasteiger partial charge in [-0.2, -0.15) is 0 Å². The molecular weight excluding hydrogens is 292 g/mol. The minimum absolute atomic E-state index is 0.120. The van der Waals surface area contributed by atoms with Crippen molar-refractivity contribution < 1.29 is 8.42 Å². The average molecular weight is 309 g/mol. The van der Waals surface area contributed by atoms with Gasteiger partial charge in [0.05, 0.1) is 4.90 Å². The zero-order valence-electron chi connectivity index (χ0n) is 11.7. The highest BCUT2D eigenvalue weighted by Crippen LogP contribution is 2.27. The highest BCUT2D eigenvalue weighted by atomic mass is 35.7. The van der Waals surface area contributed by atoms with E-state index in [-0.39, 0.29) is 10.3 Å². The van der Waals surface area contributed by atoms with Gasteiger partial charge in [0.15, 0.2) is 0 Å². The van der Waals surface area contributed by atoms with Crippen molar-refractivity contribution in [2.24, 2.45) is 0 Å². The van der Waals surface area contributed by atoms with Crippen LogP contribution in [0.15, 0.2) is 53.4 Å². The molecule has 0 radical (unpaired) electrons. The van der Waals surface area contributed by atoms with Gasteiger partial charge in [-0.05, 0) is 34.2 Å². The van der Waals surface area contributed by atoms with Crippen LogP contribution in [-0.4, -0.2) is 8.42 Å². The third-order valence-corrected chi connectivity index (χ3v) is 4.59. The summed E-state index contributed by atoms with van der Waals surface area (Å²) >= 11 is 0. The lowest BCUT2D eigenvalue weighted by molar-refractivity contribution is 0.590. The van der Waals surface area contributed by atoms with E-state index in [0.29, 0.717) is 0 Å². The predicted octanol–water partition coefficient (Wildman–Crippen LogP) is 4.58. The number of halogens is 1. The number of benzene rings is 2. The second-order valence-corrected chi connectivity index (χ2v) is 8.36. The summed E-state index contributed by atoms with van der Waals surface area (Å²) in [7, 11) is 1.64. The fourth-order valence-electron chi connectivity index (χ4n) is 1.97. The normalized spacial score (nSPS) is 12.4. The molecule has 0 spiro atoms. The molecule has 4 heteroatoms. The Balaban J connectivity index is 2.33. The summed E-state index contributed by atoms with van der Waals surface area (Å²) in [6.45, 7) is 6.51. The third-order valence-electron chi connectivity index (χ3n) is 3.22. The molecule has 0 aromatic heterocycles. The molecule has 0 saturated carbocycles. The van der Waals surface area contributed by atoms with E-state index in [9.17, 15) is 8.42 Å². The van der Waals surface area contributed by atoms with Crippen molar-refractivity contribution in [3.05, 3.63) is 54.1 Å². The van der Waals surface area contributed by atoms with E-state index < -0.39 is 9.05 Å². The summed E-state index contributed by atoms with van der Waals surface area (Å²) < 4.78 is 22.4. The van der Waals surface area contributed by atoms with Gasteiger partial charge in [0, 0.05) is 10.7 Å². The van der Waals surface area contributed by atoms with Crippen LogP contribution in [0.2, 0.25) is 0 Å². The van der Waals surface area contributed by atoms with Crippen LogP contribution in [0.1, 0.15) is 26.3 Å². The maximum absolute atomic E-state index is 11.2. The average Bonchev–Trinajstić information content (AvgIpc) is 2.37. The van der Waals surface area contributed by atoms with Crippen LogP contribution >= 0.6 is 10.7 Å². The quantitative estimate of drug-likeness (QED) is 0.761. The Labute approximate surface area is 124 Å². The summed E-state index contributed by atoms with van der Waals surface area (Å²) in [6.07, 6.45) is 0. The Morgan fingerprint density at radius 1 is 0.800 bits per heavy atom. The van der Waals surface area contributed by atoms with E-state index in [0.717, 1.165) is 11.1 Å². The molecule has 0 fully saturated rings. The maximum atomic E-state index is 11.2. The monoisotopic (exact) mass is 308 g/mol. The second kappa shape index (κ2) is 5.23. The third kappa shape index (κ3) is 3.41. The Bertz CT molecular complexity index is 694. The lowest BCUT2D eigenvalue weighted by Crippen LogP contribution is -2.10. The molecule has 0 saturated heterocycles. The van der Waals surface area contributed by atoms with Crippen molar-refractivity contribution in [2.75, 3.05) is 0 Å². The van der Waals surface area contributed by atoms with Crippen LogP contribution in [0.3, 0.4) is 0 Å². The predicted molar refractivity (Wildman–Crippen MR) is 83.6 cm³/mol. The molecule has 2 aromatic carbocycles. The van der Waals surface area contributed by atoms with E-state index in [1.165, 1.54) is 17.7 Å². The Morgan fingerprint density at radius 2 is 1.20 bits per heavy atom. The summed E-state index contributed by atoms with van der Waals surface area (Å²) in [6, 6.07) is 14.9. The first-order valence-electron chi connectivity index (χ1n) is 6.33. The molecule has 0 aliphatic rings. The Kier molecular flexibility index (Phi) is 3.94. The van der Waals surface area contributed by atoms with Crippen LogP contribution in [0, 0.1) is 0 Å². The molecule has 0 aliphatic heterocycles. The van der Waals surface area contributed by atoms with Gasteiger partial charge in [0.25, 0.3) is 9.05 Å². The van der Waals surface area contributed by atoms with Crippen molar-refractivity contribution in [1.29, 1.82) is 0 Å². The van der Waals surface area contributed by atoms with Crippen molar-refractivity contribution in [3.63, 3.8) is 0 Å². The number of hydrogen-bond acceptors (Lipinski definition) is 2. The fourth-order valence-corrected chi connectivity index (χ4v) is 2.74. The van der Waals surface area contributed by atoms with Gasteiger partial charge in [-0.25, -0.2) is 8.42 Å². The van der Waals surface area contributed by atoms with E-state index >= 15 is 0 Å². The molecule has 0 aliphatic carbocycles. The highest BCUT2D eigenvalue weighted by Gasteiger charge is 2.13. The van der Waals surface area contributed by atoms with Gasteiger partial charge in [0.2, 0.25) is 0 Å². The zero-order valence-corrected chi connectivity index (χ0v) is 13.3. The molecule has 2 nitrogen and oxygen atoms in total. The van der Waals surface area contributed by atoms with Crippen LogP contribution in [0.5, 0.6) is 0 Å². The van der Waals surface area contributed by atoms with E-state index in [1.54, 1.807) is 12.1 Å². The van der Waals surface area contributed by atoms with Gasteiger partial charge in [0.1, 0.15) is 0 Å². The molecule has 0 bridgehead atoms. The minimum atomic E-state index is -3.66. The van der Waals surface area contributed by atoms with Crippen LogP contribution in [0.4, 0.5) is 0 Å². The summed E-state index contributed by atoms with van der Waals surface area (Å²) in [5, 5.41) is 0. The van der Waals surface area contributed by atoms with Crippen LogP contribution < -0.4 is 0 Å². The molecule has 0 atom stereocenters. The minimum Gasteiger partial charge on any atom is -0.207 e. The molecule has 0 amide bonds. The summed E-state index contributed by atoms with van der Waals surface area (Å²) in [5.74, 6) is 0. The number of hydrogen-bond donors (Lipinski definition) is 0. The molecule has 20 heavy (non-hydrogen) atoms. The standard InChI is InChI=1S/C16H17ClO2S/c1-16(2,3)14-8-4-12(5-9-14)13-6-10-15(11-7-13)20(17,18)19/h4-11H,1-3H3. The van der Waals surface area contributed by atoms with Crippen LogP contribution in [-0.2, 0) is 14.5 Å². The van der Waals surface area contributed by atoms with Crippen molar-refractivity contribution in [3.8, 4) is 11.1 Å². The van der Waals surface area contributed by atoms with Crippen molar-refractivity contribution >= 4 is 19.7 Å². The first-order chi connectivity index (χ1) is 9.18. The van der Waals surface area contributed by atoms with Crippen LogP contribution in [0.25, 0.3) is 11.1 Å². The first kappa shape index (κ1) is 15.1. The maximum Gasteiger partial charge on any atom is 0.261 e. The molecule has 0 N–H and O–H groups in total. The van der Waals surface area contributed by atoms with Crippen molar-refractivity contribution in [2.45, 2.75) is 31.1 Å². The smallest absolute Gasteiger partial charge is 0.207 e. The van der Waals surface area contributed by atoms with Gasteiger partial charge in [-0.1, -0.05) is 57.2 Å². The van der Waals surface area contributed by atoms with Gasteiger partial charge >= 0.3 is 0 Å². The molecule has 106 valence electrons. The molecular formula is C16H17ClO2S. The van der Waals surface area contributed by atoms with Gasteiger partial charge in [-0.3, -0.25) is 0 Å². The SMILES string of the molecule is CC(C)(C)c1ccc(-c2ccc(S(=O)(=O)Cl)cc2)cc1. The van der Waals surface area contributed by atoms with Gasteiger partial charge < -0.3 is 0 Å². The Hall–Kier alpha value is -1.32. The zero-order chi connectivity index (χ0) is 15.0. The van der Waals surface area contributed by atoms with Gasteiger partial charge in [-0.15, -0.1) is 0 Å². The molecule has 0 unspecified atom stereocenters. The molecule has 0 heterocycles. The van der Waals surface area contributed by atoms with E-state index in [2.05, 4.69) is 32.9 Å². The lowest BCUT2D eigenvalue weighted by Gasteiger charge is -2.19. The topological polar surface area (TPSA) is 34.1 Å². The summed E-state index contributed by atoms with van der Waals surface area (Å²) in [5.41, 5.74) is 3.40.